The second-order valence-electron chi connectivity index (χ2n) is 5.28. The average Bonchev–Trinajstić information content (AvgIpc) is 2.54. The third kappa shape index (κ3) is 3.12. The summed E-state index contributed by atoms with van der Waals surface area (Å²) in [6.45, 7) is 2.65. The maximum Gasteiger partial charge on any atom is 0.347 e. The molecule has 0 aliphatic carbocycles. The van der Waals surface area contributed by atoms with Crippen LogP contribution in [0.2, 0.25) is 0 Å². The summed E-state index contributed by atoms with van der Waals surface area (Å²) < 4.78 is 5.65. The molecule has 24 heavy (non-hydrogen) atoms. The van der Waals surface area contributed by atoms with Crippen LogP contribution in [0.5, 0.6) is 5.75 Å². The normalized spacial score (nSPS) is 10.9. The molecular formula is C16H16N4O4. The Morgan fingerprint density at radius 2 is 1.96 bits per heavy atom. The number of fused-ring (bicyclic) bond motifs is 1. The van der Waals surface area contributed by atoms with E-state index in [9.17, 15) is 14.4 Å². The number of ether oxygens (including phenoxy) is 1. The van der Waals surface area contributed by atoms with Gasteiger partial charge in [0.15, 0.2) is 5.65 Å². The average molecular weight is 328 g/mol. The fourth-order valence-electron chi connectivity index (χ4n) is 2.38. The fraction of sp³-hybridized carbons (Fsp3) is 0.250. The molecule has 0 spiro atoms. The van der Waals surface area contributed by atoms with Crippen molar-refractivity contribution in [3.05, 3.63) is 55.6 Å². The van der Waals surface area contributed by atoms with Crippen LogP contribution in [0, 0.1) is 0 Å². The first-order valence-corrected chi connectivity index (χ1v) is 7.58. The Kier molecular flexibility index (Phi) is 4.28. The van der Waals surface area contributed by atoms with Crippen LogP contribution in [0.4, 0.5) is 0 Å². The highest BCUT2D eigenvalue weighted by molar-refractivity contribution is 5.89. The second-order valence-corrected chi connectivity index (χ2v) is 5.28. The lowest BCUT2D eigenvalue weighted by atomic mass is 10.1. The van der Waals surface area contributed by atoms with Crippen LogP contribution in [-0.2, 0) is 0 Å². The molecule has 3 aromatic rings. The second kappa shape index (κ2) is 6.53. The standard InChI is InChI=1S/C16H16N4O4/c1-2-3-7-24-10-6-4-5-9(8-10)12-11-13(18-15(22)17-12)19-16(23)20-14(11)21/h4-6,8H,2-3,7H2,1H3,(H3,17,18,19,20,21,22,23). The first kappa shape index (κ1) is 15.7. The molecule has 0 amide bonds. The minimum atomic E-state index is -0.715. The van der Waals surface area contributed by atoms with Gasteiger partial charge in [-0.3, -0.25) is 14.8 Å². The molecule has 0 bridgehead atoms. The number of nitrogens with one attached hydrogen (secondary N) is 3. The fourth-order valence-corrected chi connectivity index (χ4v) is 2.38. The highest BCUT2D eigenvalue weighted by atomic mass is 16.5. The number of hydrogen-bond donors (Lipinski definition) is 3. The van der Waals surface area contributed by atoms with E-state index in [2.05, 4.69) is 26.9 Å². The van der Waals surface area contributed by atoms with Crippen LogP contribution in [0.15, 0.2) is 38.6 Å². The van der Waals surface area contributed by atoms with Crippen molar-refractivity contribution in [1.29, 1.82) is 0 Å². The largest absolute Gasteiger partial charge is 0.494 e. The van der Waals surface area contributed by atoms with E-state index in [1.807, 2.05) is 0 Å². The van der Waals surface area contributed by atoms with E-state index in [1.54, 1.807) is 24.3 Å². The number of aromatic amines is 3. The molecule has 124 valence electrons. The van der Waals surface area contributed by atoms with Crippen LogP contribution in [0.25, 0.3) is 22.3 Å². The van der Waals surface area contributed by atoms with Crippen molar-refractivity contribution >= 4 is 11.0 Å². The van der Waals surface area contributed by atoms with Crippen molar-refractivity contribution in [2.75, 3.05) is 6.61 Å². The first-order valence-electron chi connectivity index (χ1n) is 7.58. The smallest absolute Gasteiger partial charge is 0.347 e. The topological polar surface area (TPSA) is 121 Å². The number of aromatic nitrogens is 4. The van der Waals surface area contributed by atoms with Gasteiger partial charge in [0.1, 0.15) is 11.1 Å². The number of rotatable bonds is 5. The van der Waals surface area contributed by atoms with Gasteiger partial charge in [-0.25, -0.2) is 9.59 Å². The van der Waals surface area contributed by atoms with Gasteiger partial charge in [0.25, 0.3) is 5.56 Å². The molecule has 0 aliphatic heterocycles. The summed E-state index contributed by atoms with van der Waals surface area (Å²) in [6.07, 6.45) is 1.95. The zero-order chi connectivity index (χ0) is 17.1. The Hall–Kier alpha value is -3.16. The third-order valence-corrected chi connectivity index (χ3v) is 3.51. The van der Waals surface area contributed by atoms with Gasteiger partial charge in [-0.15, -0.1) is 0 Å². The van der Waals surface area contributed by atoms with Crippen molar-refractivity contribution in [3.8, 4) is 17.0 Å². The number of H-pyrrole nitrogens is 3. The zero-order valence-corrected chi connectivity index (χ0v) is 13.0. The van der Waals surface area contributed by atoms with Gasteiger partial charge in [0.05, 0.1) is 12.3 Å². The Morgan fingerprint density at radius 3 is 2.75 bits per heavy atom. The minimum Gasteiger partial charge on any atom is -0.494 e. The summed E-state index contributed by atoms with van der Waals surface area (Å²) in [5.41, 5.74) is -1.18. The van der Waals surface area contributed by atoms with E-state index in [0.29, 0.717) is 17.9 Å². The Morgan fingerprint density at radius 1 is 1.12 bits per heavy atom. The van der Waals surface area contributed by atoms with Crippen molar-refractivity contribution in [3.63, 3.8) is 0 Å². The lowest BCUT2D eigenvalue weighted by Gasteiger charge is -2.09. The molecule has 2 heterocycles. The van der Waals surface area contributed by atoms with Gasteiger partial charge in [-0.2, -0.15) is 4.98 Å². The quantitative estimate of drug-likeness (QED) is 0.607. The molecule has 8 nitrogen and oxygen atoms in total. The van der Waals surface area contributed by atoms with Gasteiger partial charge in [0, 0.05) is 5.56 Å². The molecule has 2 aromatic heterocycles. The molecule has 0 fully saturated rings. The van der Waals surface area contributed by atoms with Crippen molar-refractivity contribution in [1.82, 2.24) is 19.9 Å². The van der Waals surface area contributed by atoms with Gasteiger partial charge >= 0.3 is 11.4 Å². The van der Waals surface area contributed by atoms with Gasteiger partial charge in [-0.05, 0) is 18.6 Å². The first-order chi connectivity index (χ1) is 11.6. The summed E-state index contributed by atoms with van der Waals surface area (Å²) in [6, 6.07) is 7.03. The summed E-state index contributed by atoms with van der Waals surface area (Å²) in [5, 5.41) is 0.111. The molecule has 0 unspecified atom stereocenters. The predicted octanol–water partition coefficient (Wildman–Crippen LogP) is 1.15. The van der Waals surface area contributed by atoms with Crippen molar-refractivity contribution in [2.45, 2.75) is 19.8 Å². The van der Waals surface area contributed by atoms with E-state index >= 15 is 0 Å². The Bertz CT molecular complexity index is 1040. The molecule has 1 aromatic carbocycles. The molecular weight excluding hydrogens is 312 g/mol. The number of benzene rings is 1. The molecule has 0 saturated carbocycles. The van der Waals surface area contributed by atoms with Crippen LogP contribution >= 0.6 is 0 Å². The minimum absolute atomic E-state index is 0.0557. The summed E-state index contributed by atoms with van der Waals surface area (Å²) in [5.74, 6) is 0.632. The maximum atomic E-state index is 12.1. The monoisotopic (exact) mass is 328 g/mol. The molecule has 3 N–H and O–H groups in total. The third-order valence-electron chi connectivity index (χ3n) is 3.51. The summed E-state index contributed by atoms with van der Waals surface area (Å²) >= 11 is 0. The highest BCUT2D eigenvalue weighted by Gasteiger charge is 2.12. The van der Waals surface area contributed by atoms with E-state index in [-0.39, 0.29) is 16.7 Å². The van der Waals surface area contributed by atoms with E-state index in [4.69, 9.17) is 4.74 Å². The maximum absolute atomic E-state index is 12.1. The van der Waals surface area contributed by atoms with E-state index in [0.717, 1.165) is 12.8 Å². The number of unbranched alkanes of at least 4 members (excludes halogenated alkanes) is 1. The molecule has 0 aliphatic rings. The van der Waals surface area contributed by atoms with Crippen LogP contribution in [-0.4, -0.2) is 26.5 Å². The zero-order valence-electron chi connectivity index (χ0n) is 13.0. The highest BCUT2D eigenvalue weighted by Crippen LogP contribution is 2.24. The molecule has 0 radical (unpaired) electrons. The SMILES string of the molecule is CCCCOc1cccc(-c2[nH]c(=O)nc3[nH]c(=O)[nH]c(=O)c23)c1. The van der Waals surface area contributed by atoms with Gasteiger partial charge in [-0.1, -0.05) is 25.5 Å². The lowest BCUT2D eigenvalue weighted by Crippen LogP contribution is -2.26. The molecule has 8 heteroatoms. The molecule has 3 rings (SSSR count). The lowest BCUT2D eigenvalue weighted by molar-refractivity contribution is 0.309. The summed E-state index contributed by atoms with van der Waals surface area (Å²) in [7, 11) is 0. The number of nitrogens with zero attached hydrogens (tertiary/aromatic N) is 1. The predicted molar refractivity (Wildman–Crippen MR) is 89.4 cm³/mol. The van der Waals surface area contributed by atoms with Crippen LogP contribution in [0.3, 0.4) is 0 Å². The van der Waals surface area contributed by atoms with Crippen LogP contribution in [0.1, 0.15) is 19.8 Å². The van der Waals surface area contributed by atoms with E-state index in [1.165, 1.54) is 0 Å². The summed E-state index contributed by atoms with van der Waals surface area (Å²) in [4.78, 5) is 46.0. The molecule has 0 atom stereocenters. The Balaban J connectivity index is 2.16. The number of hydrogen-bond acceptors (Lipinski definition) is 5. The van der Waals surface area contributed by atoms with Crippen LogP contribution < -0.4 is 21.7 Å². The van der Waals surface area contributed by atoms with Gasteiger partial charge < -0.3 is 9.72 Å². The van der Waals surface area contributed by atoms with Crippen molar-refractivity contribution in [2.24, 2.45) is 0 Å². The Labute approximate surface area is 135 Å². The van der Waals surface area contributed by atoms with E-state index < -0.39 is 16.9 Å². The molecule has 0 saturated heterocycles. The van der Waals surface area contributed by atoms with Gasteiger partial charge in [0.2, 0.25) is 0 Å². The van der Waals surface area contributed by atoms with Crippen molar-refractivity contribution < 1.29 is 4.74 Å².